The van der Waals surface area contributed by atoms with Gasteiger partial charge in [-0.3, -0.25) is 4.98 Å². The summed E-state index contributed by atoms with van der Waals surface area (Å²) in [5.41, 5.74) is 10.2. The van der Waals surface area contributed by atoms with Gasteiger partial charge in [-0.25, -0.2) is 9.97 Å². The van der Waals surface area contributed by atoms with E-state index in [2.05, 4.69) is 10.3 Å². The van der Waals surface area contributed by atoms with Crippen LogP contribution in [0.25, 0.3) is 11.4 Å². The Kier molecular flexibility index (Phi) is 4.50. The summed E-state index contributed by atoms with van der Waals surface area (Å²) in [6, 6.07) is 11.8. The average Bonchev–Trinajstić information content (AvgIpc) is 2.69. The van der Waals surface area contributed by atoms with E-state index in [0.717, 1.165) is 53.3 Å². The molecule has 132 valence electrons. The van der Waals surface area contributed by atoms with E-state index < -0.39 is 0 Å². The van der Waals surface area contributed by atoms with Gasteiger partial charge in [0.05, 0.1) is 7.11 Å². The first-order chi connectivity index (χ1) is 12.7. The summed E-state index contributed by atoms with van der Waals surface area (Å²) in [6.45, 7) is 0. The number of ether oxygens (including phenoxy) is 1. The first-order valence-electron chi connectivity index (χ1n) is 8.70. The topological polar surface area (TPSA) is 86.0 Å². The molecule has 26 heavy (non-hydrogen) atoms. The number of anilines is 2. The first-order valence-corrected chi connectivity index (χ1v) is 8.70. The molecule has 3 N–H and O–H groups in total. The van der Waals surface area contributed by atoms with Gasteiger partial charge in [0.25, 0.3) is 0 Å². The minimum absolute atomic E-state index is 0.142. The van der Waals surface area contributed by atoms with Gasteiger partial charge in [0, 0.05) is 47.0 Å². The maximum atomic E-state index is 6.20. The van der Waals surface area contributed by atoms with Gasteiger partial charge in [0.1, 0.15) is 11.6 Å². The van der Waals surface area contributed by atoms with E-state index in [1.807, 2.05) is 36.4 Å². The minimum Gasteiger partial charge on any atom is -0.497 e. The molecule has 0 bridgehead atoms. The van der Waals surface area contributed by atoms with Gasteiger partial charge in [0.15, 0.2) is 5.82 Å². The highest BCUT2D eigenvalue weighted by Crippen LogP contribution is 2.30. The van der Waals surface area contributed by atoms with Gasteiger partial charge >= 0.3 is 0 Å². The van der Waals surface area contributed by atoms with Crippen LogP contribution >= 0.6 is 0 Å². The molecule has 0 saturated carbocycles. The molecule has 4 rings (SSSR count). The predicted molar refractivity (Wildman–Crippen MR) is 102 cm³/mol. The maximum absolute atomic E-state index is 6.20. The lowest BCUT2D eigenvalue weighted by Gasteiger charge is -2.24. The molecule has 0 amide bonds. The number of pyridine rings is 1. The van der Waals surface area contributed by atoms with Gasteiger partial charge in [-0.1, -0.05) is 6.07 Å². The third kappa shape index (κ3) is 3.36. The van der Waals surface area contributed by atoms with Crippen molar-refractivity contribution in [2.75, 3.05) is 12.4 Å². The van der Waals surface area contributed by atoms with Crippen LogP contribution in [0.3, 0.4) is 0 Å². The van der Waals surface area contributed by atoms with Crippen molar-refractivity contribution < 1.29 is 4.74 Å². The molecule has 6 heteroatoms. The summed E-state index contributed by atoms with van der Waals surface area (Å²) in [5, 5.41) is 3.44. The molecule has 2 heterocycles. The smallest absolute Gasteiger partial charge is 0.161 e. The second-order valence-corrected chi connectivity index (χ2v) is 6.42. The monoisotopic (exact) mass is 347 g/mol. The number of nitrogens with zero attached hydrogens (tertiary/aromatic N) is 3. The summed E-state index contributed by atoms with van der Waals surface area (Å²) < 4.78 is 5.32. The molecule has 1 unspecified atom stereocenters. The SMILES string of the molecule is COc1cccc(Nc2nc(-c3ccncc3)nc3c2CC(N)CC3)c1. The van der Waals surface area contributed by atoms with Crippen LogP contribution in [-0.4, -0.2) is 28.1 Å². The fourth-order valence-corrected chi connectivity index (χ4v) is 3.21. The second-order valence-electron chi connectivity index (χ2n) is 6.42. The van der Waals surface area contributed by atoms with Crippen LogP contribution in [0.15, 0.2) is 48.8 Å². The number of aryl methyl sites for hydroxylation is 1. The number of benzene rings is 1. The van der Waals surface area contributed by atoms with Crippen LogP contribution in [-0.2, 0) is 12.8 Å². The van der Waals surface area contributed by atoms with Crippen LogP contribution in [0, 0.1) is 0 Å². The molecule has 6 nitrogen and oxygen atoms in total. The molecule has 1 aliphatic rings. The lowest BCUT2D eigenvalue weighted by atomic mass is 9.92. The zero-order chi connectivity index (χ0) is 17.9. The van der Waals surface area contributed by atoms with Crippen LogP contribution in [0.4, 0.5) is 11.5 Å². The molecular weight excluding hydrogens is 326 g/mol. The van der Waals surface area contributed by atoms with Crippen molar-refractivity contribution in [3.8, 4) is 17.1 Å². The molecule has 1 atom stereocenters. The normalized spacial score (nSPS) is 16.0. The van der Waals surface area contributed by atoms with Crippen LogP contribution in [0.2, 0.25) is 0 Å². The van der Waals surface area contributed by atoms with Gasteiger partial charge in [0.2, 0.25) is 0 Å². The lowest BCUT2D eigenvalue weighted by molar-refractivity contribution is 0.415. The van der Waals surface area contributed by atoms with Crippen LogP contribution in [0.1, 0.15) is 17.7 Å². The zero-order valence-corrected chi connectivity index (χ0v) is 14.6. The number of nitrogens with two attached hydrogens (primary N) is 1. The Morgan fingerprint density at radius 2 is 2.00 bits per heavy atom. The number of fused-ring (bicyclic) bond motifs is 1. The summed E-state index contributed by atoms with van der Waals surface area (Å²) >= 11 is 0. The third-order valence-corrected chi connectivity index (χ3v) is 4.58. The van der Waals surface area contributed by atoms with Crippen molar-refractivity contribution in [1.82, 2.24) is 15.0 Å². The number of rotatable bonds is 4. The molecule has 0 aliphatic heterocycles. The van der Waals surface area contributed by atoms with Crippen LogP contribution < -0.4 is 15.8 Å². The Labute approximate surface area is 152 Å². The number of aromatic nitrogens is 3. The van der Waals surface area contributed by atoms with E-state index >= 15 is 0 Å². The number of methoxy groups -OCH3 is 1. The Morgan fingerprint density at radius 3 is 2.81 bits per heavy atom. The Bertz CT molecular complexity index is 913. The van der Waals surface area contributed by atoms with Crippen molar-refractivity contribution in [2.45, 2.75) is 25.3 Å². The standard InChI is InChI=1S/C20H21N5O/c1-26-16-4-2-3-15(12-16)23-20-17-11-14(21)5-6-18(17)24-19(25-20)13-7-9-22-10-8-13/h2-4,7-10,12,14H,5-6,11,21H2,1H3,(H,23,24,25). The fourth-order valence-electron chi connectivity index (χ4n) is 3.21. The van der Waals surface area contributed by atoms with Gasteiger partial charge < -0.3 is 15.8 Å². The van der Waals surface area contributed by atoms with E-state index in [9.17, 15) is 0 Å². The summed E-state index contributed by atoms with van der Waals surface area (Å²) in [6.07, 6.45) is 6.09. The molecule has 2 aromatic heterocycles. The summed E-state index contributed by atoms with van der Waals surface area (Å²) in [7, 11) is 1.66. The van der Waals surface area contributed by atoms with Crippen molar-refractivity contribution in [3.05, 3.63) is 60.0 Å². The van der Waals surface area contributed by atoms with Crippen molar-refractivity contribution >= 4 is 11.5 Å². The Balaban J connectivity index is 1.78. The van der Waals surface area contributed by atoms with E-state index in [4.69, 9.17) is 20.4 Å². The first kappa shape index (κ1) is 16.5. The molecule has 0 fully saturated rings. The number of nitrogens with one attached hydrogen (secondary N) is 1. The van der Waals surface area contributed by atoms with Gasteiger partial charge in [-0.05, 0) is 43.5 Å². The van der Waals surface area contributed by atoms with Crippen LogP contribution in [0.5, 0.6) is 5.75 Å². The second kappa shape index (κ2) is 7.09. The molecule has 0 radical (unpaired) electrons. The number of hydrogen-bond donors (Lipinski definition) is 2. The minimum atomic E-state index is 0.142. The molecule has 1 aromatic carbocycles. The van der Waals surface area contributed by atoms with Crippen molar-refractivity contribution in [2.24, 2.45) is 5.73 Å². The summed E-state index contributed by atoms with van der Waals surface area (Å²) in [4.78, 5) is 13.7. The van der Waals surface area contributed by atoms with E-state index in [1.165, 1.54) is 0 Å². The largest absolute Gasteiger partial charge is 0.497 e. The fraction of sp³-hybridized carbons (Fsp3) is 0.250. The average molecular weight is 347 g/mol. The highest BCUT2D eigenvalue weighted by Gasteiger charge is 2.22. The molecular formula is C20H21N5O. The molecule has 0 saturated heterocycles. The molecule has 3 aromatic rings. The van der Waals surface area contributed by atoms with E-state index in [-0.39, 0.29) is 6.04 Å². The van der Waals surface area contributed by atoms with E-state index in [0.29, 0.717) is 5.82 Å². The van der Waals surface area contributed by atoms with Gasteiger partial charge in [-0.15, -0.1) is 0 Å². The van der Waals surface area contributed by atoms with Crippen molar-refractivity contribution in [3.63, 3.8) is 0 Å². The number of hydrogen-bond acceptors (Lipinski definition) is 6. The zero-order valence-electron chi connectivity index (χ0n) is 14.6. The van der Waals surface area contributed by atoms with Gasteiger partial charge in [-0.2, -0.15) is 0 Å². The molecule has 1 aliphatic carbocycles. The predicted octanol–water partition coefficient (Wildman–Crippen LogP) is 3.11. The highest BCUT2D eigenvalue weighted by molar-refractivity contribution is 5.66. The maximum Gasteiger partial charge on any atom is 0.161 e. The third-order valence-electron chi connectivity index (χ3n) is 4.58. The molecule has 0 spiro atoms. The Morgan fingerprint density at radius 1 is 1.15 bits per heavy atom. The quantitative estimate of drug-likeness (QED) is 0.754. The lowest BCUT2D eigenvalue weighted by Crippen LogP contribution is -2.29. The summed E-state index contributed by atoms with van der Waals surface area (Å²) in [5.74, 6) is 2.31. The van der Waals surface area contributed by atoms with Crippen molar-refractivity contribution in [1.29, 1.82) is 0 Å². The highest BCUT2D eigenvalue weighted by atomic mass is 16.5. The van der Waals surface area contributed by atoms with E-state index in [1.54, 1.807) is 19.5 Å². The Hall–Kier alpha value is -2.99.